The number of benzene rings is 1. The van der Waals surface area contributed by atoms with Gasteiger partial charge in [-0.25, -0.2) is 4.21 Å². The standard InChI is InChI=1S/C15H24N2O4S2/c1-15(2,3)21-14(18)6-5-9-17(4)11-7-8-12(16)13(10-11)23(19,20)22/h7-8,10H,5-6,9,16H2,1-4H3,(H,19,20,22). The van der Waals surface area contributed by atoms with Gasteiger partial charge in [-0.05, 0) is 45.4 Å². The molecule has 130 valence electrons. The zero-order valence-electron chi connectivity index (χ0n) is 13.9. The molecule has 0 fully saturated rings. The van der Waals surface area contributed by atoms with Crippen molar-refractivity contribution < 1.29 is 18.3 Å². The second-order valence-corrected chi connectivity index (χ2v) is 9.05. The van der Waals surface area contributed by atoms with Crippen molar-refractivity contribution in [1.82, 2.24) is 0 Å². The summed E-state index contributed by atoms with van der Waals surface area (Å²) in [7, 11) is -1.71. The first-order valence-corrected chi connectivity index (χ1v) is 9.64. The molecule has 0 bridgehead atoms. The molecule has 0 aliphatic carbocycles. The van der Waals surface area contributed by atoms with Crippen LogP contribution in [0.15, 0.2) is 23.1 Å². The smallest absolute Gasteiger partial charge is 0.306 e. The molecule has 0 aliphatic rings. The normalized spacial score (nSPS) is 14.1. The van der Waals surface area contributed by atoms with Crippen LogP contribution in [0.2, 0.25) is 0 Å². The number of carbonyl (C=O) groups excluding carboxylic acids is 1. The highest BCUT2D eigenvalue weighted by Gasteiger charge is 2.16. The van der Waals surface area contributed by atoms with Crippen LogP contribution in [-0.4, -0.2) is 33.9 Å². The minimum absolute atomic E-state index is 0.0454. The molecule has 8 heteroatoms. The Morgan fingerprint density at radius 2 is 2.04 bits per heavy atom. The average molecular weight is 361 g/mol. The van der Waals surface area contributed by atoms with Gasteiger partial charge in [0.2, 0.25) is 0 Å². The Bertz CT molecular complexity index is 667. The summed E-state index contributed by atoms with van der Waals surface area (Å²) in [6, 6.07) is 4.81. The van der Waals surface area contributed by atoms with Gasteiger partial charge in [0.25, 0.3) is 0 Å². The number of nitrogens with two attached hydrogens (primary N) is 1. The van der Waals surface area contributed by atoms with Crippen molar-refractivity contribution in [2.45, 2.75) is 44.1 Å². The fraction of sp³-hybridized carbons (Fsp3) is 0.533. The summed E-state index contributed by atoms with van der Waals surface area (Å²) in [5.74, 6) is -0.243. The predicted molar refractivity (Wildman–Crippen MR) is 95.6 cm³/mol. The number of ether oxygens (including phenoxy) is 1. The third-order valence-corrected chi connectivity index (χ3v) is 4.46. The Morgan fingerprint density at radius 1 is 1.43 bits per heavy atom. The maximum absolute atomic E-state index is 11.7. The molecule has 1 rings (SSSR count). The number of carbonyl (C=O) groups is 1. The van der Waals surface area contributed by atoms with E-state index in [0.717, 1.165) is 0 Å². The molecule has 0 saturated heterocycles. The van der Waals surface area contributed by atoms with Crippen LogP contribution in [-0.2, 0) is 29.5 Å². The van der Waals surface area contributed by atoms with E-state index >= 15 is 0 Å². The van der Waals surface area contributed by atoms with Crippen molar-refractivity contribution >= 4 is 37.3 Å². The molecule has 23 heavy (non-hydrogen) atoms. The topological polar surface area (TPSA) is 92.9 Å². The second-order valence-electron chi connectivity index (χ2n) is 6.31. The molecule has 0 radical (unpaired) electrons. The summed E-state index contributed by atoms with van der Waals surface area (Å²) in [4.78, 5) is 13.6. The van der Waals surface area contributed by atoms with Crippen molar-refractivity contribution in [1.29, 1.82) is 0 Å². The maximum atomic E-state index is 11.7. The zero-order chi connectivity index (χ0) is 17.8. The van der Waals surface area contributed by atoms with Crippen LogP contribution in [0.4, 0.5) is 11.4 Å². The molecule has 1 atom stereocenters. The molecule has 0 aromatic heterocycles. The van der Waals surface area contributed by atoms with E-state index in [0.29, 0.717) is 25.1 Å². The zero-order valence-corrected chi connectivity index (χ0v) is 15.5. The number of rotatable bonds is 6. The first kappa shape index (κ1) is 19.7. The molecule has 1 unspecified atom stereocenters. The fourth-order valence-corrected chi connectivity index (χ4v) is 3.03. The molecule has 1 aromatic carbocycles. The molecular formula is C15H24N2O4S2. The third-order valence-electron chi connectivity index (χ3n) is 3.01. The third kappa shape index (κ3) is 6.72. The molecule has 0 saturated carbocycles. The number of hydrogen-bond acceptors (Lipinski definition) is 6. The lowest BCUT2D eigenvalue weighted by Crippen LogP contribution is -2.25. The molecule has 0 heterocycles. The van der Waals surface area contributed by atoms with Gasteiger partial charge in [-0.15, -0.1) is 0 Å². The SMILES string of the molecule is CN(CCCC(=O)OC(C)(C)C)c1ccc(N)c(S(=O)(O)=S)c1. The number of nitrogen functional groups attached to an aromatic ring is 1. The van der Waals surface area contributed by atoms with Crippen LogP contribution >= 0.6 is 0 Å². The highest BCUT2D eigenvalue weighted by Crippen LogP contribution is 2.25. The quantitative estimate of drug-likeness (QED) is 0.594. The largest absolute Gasteiger partial charge is 0.460 e. The monoisotopic (exact) mass is 360 g/mol. The van der Waals surface area contributed by atoms with Gasteiger partial charge >= 0.3 is 5.97 Å². The highest BCUT2D eigenvalue weighted by atomic mass is 32.8. The first-order chi connectivity index (χ1) is 10.4. The predicted octanol–water partition coefficient (Wildman–Crippen LogP) is 2.41. The summed E-state index contributed by atoms with van der Waals surface area (Å²) < 4.78 is 26.4. The average Bonchev–Trinajstić information content (AvgIpc) is 2.35. The van der Waals surface area contributed by atoms with E-state index in [9.17, 15) is 13.6 Å². The van der Waals surface area contributed by atoms with Gasteiger partial charge in [-0.1, -0.05) is 0 Å². The summed E-state index contributed by atoms with van der Waals surface area (Å²) in [6.45, 7) is 6.07. The van der Waals surface area contributed by atoms with E-state index in [1.54, 1.807) is 12.1 Å². The van der Waals surface area contributed by atoms with E-state index in [2.05, 4.69) is 11.2 Å². The fourth-order valence-electron chi connectivity index (χ4n) is 1.97. The van der Waals surface area contributed by atoms with Gasteiger partial charge < -0.3 is 19.9 Å². The highest BCUT2D eigenvalue weighted by molar-refractivity contribution is 8.29. The Balaban J connectivity index is 2.66. The molecule has 3 N–H and O–H groups in total. The maximum Gasteiger partial charge on any atom is 0.306 e. The van der Waals surface area contributed by atoms with E-state index in [-0.39, 0.29) is 16.6 Å². The number of esters is 1. The summed E-state index contributed by atoms with van der Waals surface area (Å²) in [5.41, 5.74) is 6.11. The van der Waals surface area contributed by atoms with Crippen molar-refractivity contribution in [2.75, 3.05) is 24.2 Å². The molecular weight excluding hydrogens is 336 g/mol. The van der Waals surface area contributed by atoms with Gasteiger partial charge in [0.05, 0.1) is 10.6 Å². The van der Waals surface area contributed by atoms with Crippen LogP contribution in [0.25, 0.3) is 0 Å². The Kier molecular flexibility index (Phi) is 6.38. The lowest BCUT2D eigenvalue weighted by Gasteiger charge is -2.22. The van der Waals surface area contributed by atoms with E-state index in [1.165, 1.54) is 6.07 Å². The van der Waals surface area contributed by atoms with Crippen molar-refractivity contribution in [2.24, 2.45) is 0 Å². The van der Waals surface area contributed by atoms with Gasteiger partial charge in [-0.3, -0.25) is 4.79 Å². The Hall–Kier alpha value is -1.38. The molecule has 6 nitrogen and oxygen atoms in total. The van der Waals surface area contributed by atoms with Crippen LogP contribution in [0.5, 0.6) is 0 Å². The van der Waals surface area contributed by atoms with E-state index in [4.69, 9.17) is 10.5 Å². The molecule has 0 aliphatic heterocycles. The lowest BCUT2D eigenvalue weighted by molar-refractivity contribution is -0.154. The van der Waals surface area contributed by atoms with Crippen molar-refractivity contribution in [3.63, 3.8) is 0 Å². The number of anilines is 2. The van der Waals surface area contributed by atoms with Crippen molar-refractivity contribution in [3.05, 3.63) is 18.2 Å². The minimum Gasteiger partial charge on any atom is -0.460 e. The Labute approximate surface area is 142 Å². The van der Waals surface area contributed by atoms with E-state index in [1.807, 2.05) is 32.7 Å². The van der Waals surface area contributed by atoms with E-state index < -0.39 is 14.4 Å². The van der Waals surface area contributed by atoms with Gasteiger partial charge in [-0.2, -0.15) is 0 Å². The number of hydrogen-bond donors (Lipinski definition) is 2. The first-order valence-electron chi connectivity index (χ1n) is 7.20. The van der Waals surface area contributed by atoms with Crippen LogP contribution in [0.1, 0.15) is 33.6 Å². The van der Waals surface area contributed by atoms with Gasteiger partial charge in [0.1, 0.15) is 5.60 Å². The van der Waals surface area contributed by atoms with Crippen LogP contribution in [0.3, 0.4) is 0 Å². The van der Waals surface area contributed by atoms with Crippen molar-refractivity contribution in [3.8, 4) is 0 Å². The lowest BCUT2D eigenvalue weighted by atomic mass is 10.2. The summed E-state index contributed by atoms with van der Waals surface area (Å²) in [6.07, 6.45) is 0.911. The summed E-state index contributed by atoms with van der Waals surface area (Å²) in [5, 5.41) is 0. The molecule has 1 aromatic rings. The van der Waals surface area contributed by atoms with Gasteiger partial charge in [0, 0.05) is 36.9 Å². The molecule has 0 amide bonds. The van der Waals surface area contributed by atoms with Crippen LogP contribution < -0.4 is 10.6 Å². The van der Waals surface area contributed by atoms with Gasteiger partial charge in [0.15, 0.2) is 8.77 Å². The second kappa shape index (κ2) is 7.46. The summed E-state index contributed by atoms with van der Waals surface area (Å²) >= 11 is 4.58. The number of nitrogens with zero attached hydrogens (tertiary/aromatic N) is 1. The minimum atomic E-state index is -3.54. The van der Waals surface area contributed by atoms with Crippen LogP contribution in [0, 0.1) is 0 Å². The Morgan fingerprint density at radius 3 is 2.57 bits per heavy atom. The molecule has 0 spiro atoms.